The Labute approximate surface area is 178 Å². The van der Waals surface area contributed by atoms with Crippen molar-refractivity contribution in [3.05, 3.63) is 83.4 Å². The zero-order chi connectivity index (χ0) is 21.3. The molecule has 4 aromatic rings. The van der Waals surface area contributed by atoms with Crippen LogP contribution in [0.4, 0.5) is 5.13 Å². The molecule has 0 fully saturated rings. The zero-order valence-corrected chi connectivity index (χ0v) is 17.9. The summed E-state index contributed by atoms with van der Waals surface area (Å²) in [5.41, 5.74) is 2.61. The minimum atomic E-state index is -3.97. The molecule has 1 N–H and O–H groups in total. The van der Waals surface area contributed by atoms with Crippen LogP contribution in [0.1, 0.15) is 21.5 Å². The average Bonchev–Trinajstić information content (AvgIpc) is 3.12. The highest BCUT2D eigenvalue weighted by molar-refractivity contribution is 7.87. The van der Waals surface area contributed by atoms with Crippen LogP contribution < -0.4 is 9.50 Å². The number of fused-ring (bicyclic) bond motifs is 1. The van der Waals surface area contributed by atoms with Gasteiger partial charge in [0.05, 0.1) is 10.2 Å². The first-order valence-electron chi connectivity index (χ1n) is 9.10. The van der Waals surface area contributed by atoms with E-state index in [4.69, 9.17) is 4.18 Å². The van der Waals surface area contributed by atoms with Gasteiger partial charge in [0, 0.05) is 5.56 Å². The van der Waals surface area contributed by atoms with E-state index in [0.29, 0.717) is 16.3 Å². The van der Waals surface area contributed by atoms with Crippen molar-refractivity contribution in [2.75, 3.05) is 5.32 Å². The van der Waals surface area contributed by atoms with E-state index in [9.17, 15) is 13.2 Å². The standard InChI is InChI=1S/C22H18N2O4S2/c1-14-7-8-15(2)20(13-14)30(26,27)28-17-11-9-16(10-12-17)21(25)24-22-23-18-5-3-4-6-19(18)29-22/h3-13H,1-2H3,(H,23,24,25). The minimum absolute atomic E-state index is 0.125. The van der Waals surface area contributed by atoms with Crippen molar-refractivity contribution in [3.63, 3.8) is 0 Å². The van der Waals surface area contributed by atoms with E-state index in [1.165, 1.54) is 35.6 Å². The lowest BCUT2D eigenvalue weighted by Gasteiger charge is -2.10. The van der Waals surface area contributed by atoms with Crippen molar-refractivity contribution in [3.8, 4) is 5.75 Å². The van der Waals surface area contributed by atoms with Crippen LogP contribution in [0.2, 0.25) is 0 Å². The first-order valence-corrected chi connectivity index (χ1v) is 11.3. The number of hydrogen-bond donors (Lipinski definition) is 1. The van der Waals surface area contributed by atoms with Crippen molar-refractivity contribution >= 4 is 42.7 Å². The molecule has 1 heterocycles. The summed E-state index contributed by atoms with van der Waals surface area (Å²) in [4.78, 5) is 17.0. The number of nitrogens with zero attached hydrogens (tertiary/aromatic N) is 1. The lowest BCUT2D eigenvalue weighted by atomic mass is 10.2. The number of aromatic nitrogens is 1. The fourth-order valence-corrected chi connectivity index (χ4v) is 5.01. The Morgan fingerprint density at radius 3 is 2.47 bits per heavy atom. The fourth-order valence-electron chi connectivity index (χ4n) is 2.91. The van der Waals surface area contributed by atoms with E-state index in [1.54, 1.807) is 19.1 Å². The molecule has 3 aromatic carbocycles. The van der Waals surface area contributed by atoms with Crippen LogP contribution in [0.25, 0.3) is 10.2 Å². The van der Waals surface area contributed by atoms with Crippen molar-refractivity contribution in [1.29, 1.82) is 0 Å². The van der Waals surface area contributed by atoms with Crippen molar-refractivity contribution in [2.45, 2.75) is 18.7 Å². The van der Waals surface area contributed by atoms with Crippen LogP contribution in [-0.4, -0.2) is 19.3 Å². The molecule has 0 unspecified atom stereocenters. The number of carbonyl (C=O) groups is 1. The number of amides is 1. The topological polar surface area (TPSA) is 85.4 Å². The monoisotopic (exact) mass is 438 g/mol. The van der Waals surface area contributed by atoms with Gasteiger partial charge in [0.25, 0.3) is 5.91 Å². The molecule has 0 atom stereocenters. The van der Waals surface area contributed by atoms with Crippen molar-refractivity contribution < 1.29 is 17.4 Å². The lowest BCUT2D eigenvalue weighted by Crippen LogP contribution is -2.13. The number of rotatable bonds is 5. The Kier molecular flexibility index (Phi) is 5.27. The summed E-state index contributed by atoms with van der Waals surface area (Å²) in [6, 6.07) is 18.7. The zero-order valence-electron chi connectivity index (χ0n) is 16.2. The molecule has 0 aliphatic rings. The minimum Gasteiger partial charge on any atom is -0.379 e. The number of anilines is 1. The molecule has 0 bridgehead atoms. The van der Waals surface area contributed by atoms with E-state index in [0.717, 1.165) is 15.8 Å². The Bertz CT molecular complexity index is 1310. The van der Waals surface area contributed by atoms with Crippen LogP contribution in [0, 0.1) is 13.8 Å². The number of thiazole rings is 1. The van der Waals surface area contributed by atoms with Gasteiger partial charge in [0.2, 0.25) is 0 Å². The summed E-state index contributed by atoms with van der Waals surface area (Å²) in [6.07, 6.45) is 0. The van der Waals surface area contributed by atoms with Crippen LogP contribution in [0.5, 0.6) is 5.75 Å². The predicted molar refractivity (Wildman–Crippen MR) is 118 cm³/mol. The predicted octanol–water partition coefficient (Wildman–Crippen LogP) is 4.93. The Morgan fingerprint density at radius 2 is 1.73 bits per heavy atom. The van der Waals surface area contributed by atoms with Gasteiger partial charge in [0.15, 0.2) is 5.13 Å². The molecule has 0 aliphatic carbocycles. The molecule has 8 heteroatoms. The van der Waals surface area contributed by atoms with Gasteiger partial charge < -0.3 is 4.18 Å². The largest absolute Gasteiger partial charge is 0.379 e. The maximum absolute atomic E-state index is 12.6. The molecule has 0 spiro atoms. The molecule has 152 valence electrons. The first kappa shape index (κ1) is 20.1. The molecule has 1 amide bonds. The molecule has 0 radical (unpaired) electrons. The fraction of sp³-hybridized carbons (Fsp3) is 0.0909. The Balaban J connectivity index is 1.49. The third kappa shape index (κ3) is 4.19. The van der Waals surface area contributed by atoms with E-state index in [2.05, 4.69) is 10.3 Å². The number of hydrogen-bond acceptors (Lipinski definition) is 6. The first-order chi connectivity index (χ1) is 14.3. The number of carbonyl (C=O) groups excluding carboxylic acids is 1. The third-order valence-corrected chi connectivity index (χ3v) is 6.79. The summed E-state index contributed by atoms with van der Waals surface area (Å²) >= 11 is 1.38. The summed E-state index contributed by atoms with van der Waals surface area (Å²) in [7, 11) is -3.97. The van der Waals surface area contributed by atoms with Gasteiger partial charge in [-0.1, -0.05) is 35.6 Å². The second-order valence-electron chi connectivity index (χ2n) is 6.77. The van der Waals surface area contributed by atoms with Gasteiger partial charge in [-0.2, -0.15) is 8.42 Å². The number of benzene rings is 3. The normalized spacial score (nSPS) is 11.4. The molecule has 0 saturated heterocycles. The average molecular weight is 439 g/mol. The van der Waals surface area contributed by atoms with E-state index in [-0.39, 0.29) is 16.6 Å². The SMILES string of the molecule is Cc1ccc(C)c(S(=O)(=O)Oc2ccc(C(=O)Nc3nc4ccccc4s3)cc2)c1. The quantitative estimate of drug-likeness (QED) is 0.447. The number of para-hydroxylation sites is 1. The van der Waals surface area contributed by atoms with Gasteiger partial charge in [-0.25, -0.2) is 4.98 Å². The Hall–Kier alpha value is -3.23. The van der Waals surface area contributed by atoms with Gasteiger partial charge in [0.1, 0.15) is 10.6 Å². The van der Waals surface area contributed by atoms with Crippen LogP contribution in [0.3, 0.4) is 0 Å². The van der Waals surface area contributed by atoms with Crippen LogP contribution >= 0.6 is 11.3 Å². The van der Waals surface area contributed by atoms with Gasteiger partial charge in [-0.3, -0.25) is 10.1 Å². The molecule has 0 saturated carbocycles. The maximum Gasteiger partial charge on any atom is 0.339 e. The summed E-state index contributed by atoms with van der Waals surface area (Å²) in [5.74, 6) is -0.203. The number of aryl methyl sites for hydroxylation is 2. The summed E-state index contributed by atoms with van der Waals surface area (Å²) in [6.45, 7) is 3.53. The molecule has 1 aromatic heterocycles. The lowest BCUT2D eigenvalue weighted by molar-refractivity contribution is 0.102. The van der Waals surface area contributed by atoms with Crippen molar-refractivity contribution in [1.82, 2.24) is 4.98 Å². The van der Waals surface area contributed by atoms with Crippen LogP contribution in [-0.2, 0) is 10.1 Å². The van der Waals surface area contributed by atoms with E-state index in [1.807, 2.05) is 37.3 Å². The highest BCUT2D eigenvalue weighted by Gasteiger charge is 2.20. The second-order valence-corrected chi connectivity index (χ2v) is 9.32. The number of nitrogens with one attached hydrogen (secondary N) is 1. The highest BCUT2D eigenvalue weighted by Crippen LogP contribution is 2.26. The second kappa shape index (κ2) is 7.89. The molecule has 0 aliphatic heterocycles. The molecule has 30 heavy (non-hydrogen) atoms. The van der Waals surface area contributed by atoms with Gasteiger partial charge >= 0.3 is 10.1 Å². The molecule has 4 rings (SSSR count). The molecule has 6 nitrogen and oxygen atoms in total. The van der Waals surface area contributed by atoms with Crippen molar-refractivity contribution in [2.24, 2.45) is 0 Å². The summed E-state index contributed by atoms with van der Waals surface area (Å²) < 4.78 is 31.4. The third-order valence-electron chi connectivity index (χ3n) is 4.45. The maximum atomic E-state index is 12.6. The smallest absolute Gasteiger partial charge is 0.339 e. The van der Waals surface area contributed by atoms with Gasteiger partial charge in [-0.05, 0) is 67.4 Å². The van der Waals surface area contributed by atoms with Gasteiger partial charge in [-0.15, -0.1) is 0 Å². The van der Waals surface area contributed by atoms with Crippen LogP contribution in [0.15, 0.2) is 71.6 Å². The van der Waals surface area contributed by atoms with E-state index >= 15 is 0 Å². The highest BCUT2D eigenvalue weighted by atomic mass is 32.2. The Morgan fingerprint density at radius 1 is 1.00 bits per heavy atom. The summed E-state index contributed by atoms with van der Waals surface area (Å²) in [5, 5.41) is 3.26. The molecular formula is C22H18N2O4S2. The van der Waals surface area contributed by atoms with E-state index < -0.39 is 10.1 Å². The molecular weight excluding hydrogens is 420 g/mol.